The molecule has 0 aliphatic carbocycles. The second kappa shape index (κ2) is 6.58. The van der Waals surface area contributed by atoms with Gasteiger partial charge >= 0.3 is 0 Å². The molecular formula is C12H16ClN3O2. The van der Waals surface area contributed by atoms with Gasteiger partial charge in [0.25, 0.3) is 0 Å². The van der Waals surface area contributed by atoms with Crippen LogP contribution >= 0.6 is 11.6 Å². The minimum Gasteiger partial charge on any atom is -0.468 e. The maximum Gasteiger partial charge on any atom is 0.117 e. The normalized spacial score (nSPS) is 11.3. The number of rotatable bonds is 7. The Labute approximate surface area is 111 Å². The zero-order chi connectivity index (χ0) is 12.8. The first kappa shape index (κ1) is 13.1. The fourth-order valence-electron chi connectivity index (χ4n) is 1.74. The Kier molecular flexibility index (Phi) is 4.81. The van der Waals surface area contributed by atoms with Crippen molar-refractivity contribution in [2.75, 3.05) is 19.7 Å². The van der Waals surface area contributed by atoms with Crippen molar-refractivity contribution >= 4 is 11.6 Å². The maximum atomic E-state index is 9.05. The molecule has 0 saturated carbocycles. The molecule has 0 aliphatic rings. The quantitative estimate of drug-likeness (QED) is 0.830. The molecule has 18 heavy (non-hydrogen) atoms. The molecule has 98 valence electrons. The van der Waals surface area contributed by atoms with Gasteiger partial charge in [0.1, 0.15) is 5.76 Å². The van der Waals surface area contributed by atoms with Crippen LogP contribution in [0.5, 0.6) is 0 Å². The summed E-state index contributed by atoms with van der Waals surface area (Å²) in [6, 6.07) is 3.79. The lowest BCUT2D eigenvalue weighted by Crippen LogP contribution is -2.30. The van der Waals surface area contributed by atoms with E-state index in [2.05, 4.69) is 10.00 Å². The van der Waals surface area contributed by atoms with E-state index in [-0.39, 0.29) is 6.61 Å². The first-order valence-electron chi connectivity index (χ1n) is 5.81. The summed E-state index contributed by atoms with van der Waals surface area (Å²) in [5, 5.41) is 13.8. The molecule has 0 aliphatic heterocycles. The third kappa shape index (κ3) is 3.87. The molecule has 0 fully saturated rings. The Morgan fingerprint density at radius 2 is 2.33 bits per heavy atom. The molecule has 0 amide bonds. The van der Waals surface area contributed by atoms with Gasteiger partial charge in [-0.2, -0.15) is 5.10 Å². The third-order valence-electron chi connectivity index (χ3n) is 2.62. The lowest BCUT2D eigenvalue weighted by atomic mass is 10.4. The van der Waals surface area contributed by atoms with Crippen LogP contribution in [0.2, 0.25) is 5.02 Å². The van der Waals surface area contributed by atoms with Gasteiger partial charge in [0.2, 0.25) is 0 Å². The molecular weight excluding hydrogens is 254 g/mol. The molecule has 2 aromatic rings. The summed E-state index contributed by atoms with van der Waals surface area (Å²) in [5.41, 5.74) is 0. The van der Waals surface area contributed by atoms with Crippen LogP contribution in [0, 0.1) is 0 Å². The Morgan fingerprint density at radius 1 is 1.44 bits per heavy atom. The van der Waals surface area contributed by atoms with Gasteiger partial charge in [-0.15, -0.1) is 0 Å². The van der Waals surface area contributed by atoms with E-state index in [1.165, 1.54) is 0 Å². The van der Waals surface area contributed by atoms with Gasteiger partial charge in [-0.05, 0) is 12.1 Å². The maximum absolute atomic E-state index is 9.05. The number of hydrogen-bond acceptors (Lipinski definition) is 4. The second-order valence-electron chi connectivity index (χ2n) is 4.00. The van der Waals surface area contributed by atoms with E-state index in [1.807, 2.05) is 12.1 Å². The summed E-state index contributed by atoms with van der Waals surface area (Å²) in [7, 11) is 0. The second-order valence-corrected chi connectivity index (χ2v) is 4.44. The fourth-order valence-corrected chi connectivity index (χ4v) is 1.90. The van der Waals surface area contributed by atoms with Crippen LogP contribution in [-0.4, -0.2) is 39.5 Å². The van der Waals surface area contributed by atoms with Crippen molar-refractivity contribution < 1.29 is 9.52 Å². The number of aromatic nitrogens is 2. The van der Waals surface area contributed by atoms with E-state index in [4.69, 9.17) is 21.1 Å². The fraction of sp³-hybridized carbons (Fsp3) is 0.417. The van der Waals surface area contributed by atoms with Crippen LogP contribution in [0.4, 0.5) is 0 Å². The van der Waals surface area contributed by atoms with Crippen molar-refractivity contribution in [3.05, 3.63) is 41.6 Å². The van der Waals surface area contributed by atoms with Gasteiger partial charge in [0.05, 0.1) is 37.2 Å². The molecule has 0 aromatic carbocycles. The highest BCUT2D eigenvalue weighted by Gasteiger charge is 2.07. The molecule has 6 heteroatoms. The topological polar surface area (TPSA) is 54.4 Å². The highest BCUT2D eigenvalue weighted by atomic mass is 35.5. The van der Waals surface area contributed by atoms with Gasteiger partial charge in [-0.3, -0.25) is 9.58 Å². The monoisotopic (exact) mass is 269 g/mol. The number of halogens is 1. The van der Waals surface area contributed by atoms with Gasteiger partial charge in [0, 0.05) is 19.3 Å². The van der Waals surface area contributed by atoms with Crippen molar-refractivity contribution in [3.8, 4) is 0 Å². The Hall–Kier alpha value is -1.30. The van der Waals surface area contributed by atoms with E-state index < -0.39 is 0 Å². The van der Waals surface area contributed by atoms with Crippen LogP contribution in [0.1, 0.15) is 5.76 Å². The summed E-state index contributed by atoms with van der Waals surface area (Å²) in [5.74, 6) is 0.891. The molecule has 0 saturated heterocycles. The average Bonchev–Trinajstić information content (AvgIpc) is 2.98. The molecule has 2 aromatic heterocycles. The Morgan fingerprint density at radius 3 is 2.94 bits per heavy atom. The SMILES string of the molecule is OCCN(CCn1cc(Cl)cn1)Cc1ccco1. The van der Waals surface area contributed by atoms with Gasteiger partial charge in [-0.1, -0.05) is 11.6 Å². The van der Waals surface area contributed by atoms with Crippen LogP contribution < -0.4 is 0 Å². The smallest absolute Gasteiger partial charge is 0.117 e. The molecule has 0 atom stereocenters. The lowest BCUT2D eigenvalue weighted by molar-refractivity contribution is 0.174. The molecule has 0 spiro atoms. The predicted octanol–water partition coefficient (Wildman–Crippen LogP) is 1.62. The molecule has 1 N–H and O–H groups in total. The van der Waals surface area contributed by atoms with E-state index in [1.54, 1.807) is 23.3 Å². The summed E-state index contributed by atoms with van der Waals surface area (Å²) in [6.45, 7) is 2.92. The lowest BCUT2D eigenvalue weighted by Gasteiger charge is -2.19. The largest absolute Gasteiger partial charge is 0.468 e. The first-order valence-corrected chi connectivity index (χ1v) is 6.19. The standard InChI is InChI=1S/C12H16ClN3O2/c13-11-8-14-16(9-11)4-3-15(5-6-17)10-12-2-1-7-18-12/h1-2,7-9,17H,3-6,10H2. The zero-order valence-electron chi connectivity index (χ0n) is 10.00. The minimum absolute atomic E-state index is 0.126. The molecule has 2 heterocycles. The Balaban J connectivity index is 1.86. The molecule has 5 nitrogen and oxygen atoms in total. The molecule has 2 rings (SSSR count). The zero-order valence-corrected chi connectivity index (χ0v) is 10.8. The van der Waals surface area contributed by atoms with E-state index in [0.29, 0.717) is 18.1 Å². The van der Waals surface area contributed by atoms with Gasteiger partial charge in [-0.25, -0.2) is 0 Å². The van der Waals surface area contributed by atoms with E-state index in [0.717, 1.165) is 18.8 Å². The van der Waals surface area contributed by atoms with Crippen LogP contribution in [0.3, 0.4) is 0 Å². The summed E-state index contributed by atoms with van der Waals surface area (Å²) >= 11 is 5.80. The summed E-state index contributed by atoms with van der Waals surface area (Å²) in [4.78, 5) is 2.11. The number of furan rings is 1. The Bertz CT molecular complexity index is 456. The molecule has 0 unspecified atom stereocenters. The van der Waals surface area contributed by atoms with Crippen LogP contribution in [0.25, 0.3) is 0 Å². The van der Waals surface area contributed by atoms with E-state index >= 15 is 0 Å². The van der Waals surface area contributed by atoms with E-state index in [9.17, 15) is 0 Å². The van der Waals surface area contributed by atoms with Crippen LogP contribution in [0.15, 0.2) is 35.2 Å². The van der Waals surface area contributed by atoms with Crippen molar-refractivity contribution in [3.63, 3.8) is 0 Å². The molecule has 0 radical (unpaired) electrons. The highest BCUT2D eigenvalue weighted by Crippen LogP contribution is 2.07. The van der Waals surface area contributed by atoms with Crippen LogP contribution in [-0.2, 0) is 13.1 Å². The highest BCUT2D eigenvalue weighted by molar-refractivity contribution is 6.30. The van der Waals surface area contributed by atoms with Crippen molar-refractivity contribution in [1.82, 2.24) is 14.7 Å². The number of aliphatic hydroxyl groups excluding tert-OH is 1. The number of hydrogen-bond donors (Lipinski definition) is 1. The third-order valence-corrected chi connectivity index (χ3v) is 2.82. The average molecular weight is 270 g/mol. The molecule has 0 bridgehead atoms. The van der Waals surface area contributed by atoms with Gasteiger partial charge < -0.3 is 9.52 Å². The first-order chi connectivity index (χ1) is 8.78. The summed E-state index contributed by atoms with van der Waals surface area (Å²) < 4.78 is 7.09. The number of aliphatic hydroxyl groups is 1. The van der Waals surface area contributed by atoms with Crippen molar-refractivity contribution in [2.45, 2.75) is 13.1 Å². The predicted molar refractivity (Wildman–Crippen MR) is 68.3 cm³/mol. The van der Waals surface area contributed by atoms with Crippen molar-refractivity contribution in [1.29, 1.82) is 0 Å². The summed E-state index contributed by atoms with van der Waals surface area (Å²) in [6.07, 6.45) is 5.05. The minimum atomic E-state index is 0.126. The van der Waals surface area contributed by atoms with Crippen molar-refractivity contribution in [2.24, 2.45) is 0 Å². The van der Waals surface area contributed by atoms with Gasteiger partial charge in [0.15, 0.2) is 0 Å². The number of nitrogens with zero attached hydrogens (tertiary/aromatic N) is 3.